The number of likely N-dealkylation sites (tertiary alicyclic amines) is 1. The van der Waals surface area contributed by atoms with Crippen LogP contribution in [0.25, 0.3) is 0 Å². The lowest BCUT2D eigenvalue weighted by molar-refractivity contribution is -0.142. The molecule has 0 spiro atoms. The zero-order chi connectivity index (χ0) is 18.6. The van der Waals surface area contributed by atoms with Gasteiger partial charge in [-0.05, 0) is 24.0 Å². The van der Waals surface area contributed by atoms with Crippen molar-refractivity contribution in [1.82, 2.24) is 4.90 Å². The zero-order valence-corrected chi connectivity index (χ0v) is 14.7. The van der Waals surface area contributed by atoms with Crippen LogP contribution in [-0.2, 0) is 9.59 Å². The number of nitrogens with two attached hydrogens (primary N) is 1. The molecule has 0 bridgehead atoms. The smallest absolute Gasteiger partial charge is 0.234 e. The molecule has 1 aliphatic heterocycles. The molecule has 0 aromatic heterocycles. The third-order valence-corrected chi connectivity index (χ3v) is 4.88. The summed E-state index contributed by atoms with van der Waals surface area (Å²) < 4.78 is 0. The van der Waals surface area contributed by atoms with Gasteiger partial charge < -0.3 is 15.7 Å². The van der Waals surface area contributed by atoms with E-state index >= 15 is 0 Å². The minimum atomic E-state index is -1.24. The van der Waals surface area contributed by atoms with Crippen LogP contribution in [-0.4, -0.2) is 40.5 Å². The number of β-amino-alcohol motifs (C(OH)–C–C–N with tert-alkyl or cyclic N) is 1. The number of rotatable bonds is 5. The standard InChI is InChI=1S/C21H24N2O3/c22-18(24)14-21(26)12-7-13-23(15-21)20(25)19(16-8-3-1-4-9-16)17-10-5-2-6-11-17/h1-6,8-11,19,26H,7,12-15H2,(H2,22,24). The lowest BCUT2D eigenvalue weighted by Gasteiger charge is -2.40. The van der Waals surface area contributed by atoms with Gasteiger partial charge >= 0.3 is 0 Å². The third kappa shape index (κ3) is 4.11. The molecule has 5 nitrogen and oxygen atoms in total. The summed E-state index contributed by atoms with van der Waals surface area (Å²) in [6.07, 6.45) is 0.991. The van der Waals surface area contributed by atoms with Crippen LogP contribution in [0.15, 0.2) is 60.7 Å². The average molecular weight is 352 g/mol. The fourth-order valence-corrected chi connectivity index (χ4v) is 3.72. The Hall–Kier alpha value is -2.66. The monoisotopic (exact) mass is 352 g/mol. The number of hydrogen-bond donors (Lipinski definition) is 2. The Balaban J connectivity index is 1.89. The number of carbonyl (C=O) groups excluding carboxylic acids is 2. The lowest BCUT2D eigenvalue weighted by atomic mass is 9.86. The van der Waals surface area contributed by atoms with Crippen LogP contribution in [0.4, 0.5) is 0 Å². The molecule has 3 N–H and O–H groups in total. The highest BCUT2D eigenvalue weighted by atomic mass is 16.3. The normalized spacial score (nSPS) is 20.2. The minimum absolute atomic E-state index is 0.0648. The summed E-state index contributed by atoms with van der Waals surface area (Å²) >= 11 is 0. The van der Waals surface area contributed by atoms with Gasteiger partial charge in [0.15, 0.2) is 0 Å². The molecule has 3 rings (SSSR count). The second-order valence-corrected chi connectivity index (χ2v) is 6.99. The van der Waals surface area contributed by atoms with Crippen LogP contribution in [0.1, 0.15) is 36.3 Å². The highest BCUT2D eigenvalue weighted by molar-refractivity contribution is 5.87. The molecule has 0 aliphatic carbocycles. The van der Waals surface area contributed by atoms with E-state index in [2.05, 4.69) is 0 Å². The number of primary amides is 1. The number of amides is 2. The highest BCUT2D eigenvalue weighted by Crippen LogP contribution is 2.31. The minimum Gasteiger partial charge on any atom is -0.388 e. The molecule has 5 heteroatoms. The van der Waals surface area contributed by atoms with Gasteiger partial charge in [-0.1, -0.05) is 60.7 Å². The molecule has 0 saturated carbocycles. The van der Waals surface area contributed by atoms with Gasteiger partial charge in [-0.2, -0.15) is 0 Å². The van der Waals surface area contributed by atoms with Crippen molar-refractivity contribution in [3.05, 3.63) is 71.8 Å². The fraction of sp³-hybridized carbons (Fsp3) is 0.333. The van der Waals surface area contributed by atoms with Gasteiger partial charge in [0.05, 0.1) is 17.9 Å². The summed E-state index contributed by atoms with van der Waals surface area (Å²) in [5.41, 5.74) is 5.85. The summed E-state index contributed by atoms with van der Waals surface area (Å²) in [6, 6.07) is 19.3. The molecule has 1 aliphatic rings. The van der Waals surface area contributed by atoms with Crippen molar-refractivity contribution in [3.8, 4) is 0 Å². The van der Waals surface area contributed by atoms with Gasteiger partial charge in [0.2, 0.25) is 11.8 Å². The largest absolute Gasteiger partial charge is 0.388 e. The number of piperidine rings is 1. The van der Waals surface area contributed by atoms with E-state index in [1.807, 2.05) is 60.7 Å². The fourth-order valence-electron chi connectivity index (χ4n) is 3.72. The maximum absolute atomic E-state index is 13.4. The summed E-state index contributed by atoms with van der Waals surface area (Å²) in [5, 5.41) is 10.7. The highest BCUT2D eigenvalue weighted by Gasteiger charge is 2.38. The van der Waals surface area contributed by atoms with Crippen molar-refractivity contribution in [2.24, 2.45) is 5.73 Å². The first-order valence-corrected chi connectivity index (χ1v) is 8.88. The molecule has 0 radical (unpaired) electrons. The lowest BCUT2D eigenvalue weighted by Crippen LogP contribution is -2.53. The van der Waals surface area contributed by atoms with E-state index in [1.54, 1.807) is 4.90 Å². The van der Waals surface area contributed by atoms with Gasteiger partial charge in [-0.25, -0.2) is 0 Å². The van der Waals surface area contributed by atoms with Gasteiger partial charge in [-0.15, -0.1) is 0 Å². The predicted octanol–water partition coefficient (Wildman–Crippen LogP) is 2.05. The van der Waals surface area contributed by atoms with Crippen molar-refractivity contribution in [3.63, 3.8) is 0 Å². The molecular weight excluding hydrogens is 328 g/mol. The Labute approximate surface area is 153 Å². The van der Waals surface area contributed by atoms with Gasteiger partial charge in [0.25, 0.3) is 0 Å². The van der Waals surface area contributed by atoms with Crippen LogP contribution >= 0.6 is 0 Å². The second kappa shape index (κ2) is 7.70. The van der Waals surface area contributed by atoms with Crippen molar-refractivity contribution < 1.29 is 14.7 Å². The first-order chi connectivity index (χ1) is 12.5. The molecule has 26 heavy (non-hydrogen) atoms. The van der Waals surface area contributed by atoms with Crippen LogP contribution in [0.2, 0.25) is 0 Å². The van der Waals surface area contributed by atoms with Gasteiger partial charge in [0.1, 0.15) is 0 Å². The summed E-state index contributed by atoms with van der Waals surface area (Å²) in [5.74, 6) is -1.05. The molecule has 1 saturated heterocycles. The van der Waals surface area contributed by atoms with E-state index in [9.17, 15) is 14.7 Å². The first kappa shape index (κ1) is 18.1. The van der Waals surface area contributed by atoms with Crippen LogP contribution in [0.5, 0.6) is 0 Å². The van der Waals surface area contributed by atoms with Crippen molar-refractivity contribution >= 4 is 11.8 Å². The van der Waals surface area contributed by atoms with Crippen LogP contribution < -0.4 is 5.73 Å². The van der Waals surface area contributed by atoms with E-state index in [-0.39, 0.29) is 18.9 Å². The SMILES string of the molecule is NC(=O)CC1(O)CCCN(C(=O)C(c2ccccc2)c2ccccc2)C1. The van der Waals surface area contributed by atoms with E-state index in [4.69, 9.17) is 5.73 Å². The Morgan fingerprint density at radius 3 is 2.08 bits per heavy atom. The maximum Gasteiger partial charge on any atom is 0.234 e. The molecular formula is C21H24N2O3. The Bertz CT molecular complexity index is 724. The van der Waals surface area contributed by atoms with E-state index < -0.39 is 17.4 Å². The van der Waals surface area contributed by atoms with E-state index in [0.717, 1.165) is 11.1 Å². The predicted molar refractivity (Wildman–Crippen MR) is 99.3 cm³/mol. The van der Waals surface area contributed by atoms with Crippen molar-refractivity contribution in [2.75, 3.05) is 13.1 Å². The average Bonchev–Trinajstić information content (AvgIpc) is 2.62. The molecule has 2 aromatic carbocycles. The molecule has 1 unspecified atom stereocenters. The number of aliphatic hydroxyl groups is 1. The number of carbonyl (C=O) groups is 2. The van der Waals surface area contributed by atoms with E-state index in [0.29, 0.717) is 19.4 Å². The molecule has 136 valence electrons. The zero-order valence-electron chi connectivity index (χ0n) is 14.7. The second-order valence-electron chi connectivity index (χ2n) is 6.99. The quantitative estimate of drug-likeness (QED) is 0.864. The summed E-state index contributed by atoms with van der Waals surface area (Å²) in [6.45, 7) is 0.695. The molecule has 2 amide bonds. The molecule has 2 aromatic rings. The summed E-state index contributed by atoms with van der Waals surface area (Å²) in [4.78, 5) is 26.3. The molecule has 1 heterocycles. The summed E-state index contributed by atoms with van der Waals surface area (Å²) in [7, 11) is 0. The van der Waals surface area contributed by atoms with Crippen LogP contribution in [0.3, 0.4) is 0 Å². The number of hydrogen-bond acceptors (Lipinski definition) is 3. The van der Waals surface area contributed by atoms with Crippen LogP contribution in [0, 0.1) is 0 Å². The Kier molecular flexibility index (Phi) is 5.38. The first-order valence-electron chi connectivity index (χ1n) is 8.88. The van der Waals surface area contributed by atoms with Crippen molar-refractivity contribution in [1.29, 1.82) is 0 Å². The van der Waals surface area contributed by atoms with Crippen molar-refractivity contribution in [2.45, 2.75) is 30.8 Å². The topological polar surface area (TPSA) is 83.6 Å². The molecule has 1 atom stereocenters. The Morgan fingerprint density at radius 2 is 1.58 bits per heavy atom. The number of nitrogens with zero attached hydrogens (tertiary/aromatic N) is 1. The Morgan fingerprint density at radius 1 is 1.04 bits per heavy atom. The molecule has 1 fully saturated rings. The van der Waals surface area contributed by atoms with Gasteiger partial charge in [-0.3, -0.25) is 9.59 Å². The number of benzene rings is 2. The van der Waals surface area contributed by atoms with Gasteiger partial charge in [0, 0.05) is 13.1 Å². The maximum atomic E-state index is 13.4. The third-order valence-electron chi connectivity index (χ3n) is 4.88. The van der Waals surface area contributed by atoms with E-state index in [1.165, 1.54) is 0 Å².